The van der Waals surface area contributed by atoms with Gasteiger partial charge in [0, 0.05) is 41.5 Å². The molecule has 1 N–H and O–H groups in total. The highest BCUT2D eigenvalue weighted by Crippen LogP contribution is 2.32. The van der Waals surface area contributed by atoms with Crippen molar-refractivity contribution in [1.29, 1.82) is 0 Å². The van der Waals surface area contributed by atoms with Gasteiger partial charge in [0.1, 0.15) is 11.4 Å². The Kier molecular flexibility index (Phi) is 5.19. The molecule has 0 aliphatic carbocycles. The Morgan fingerprint density at radius 3 is 2.48 bits per heavy atom. The van der Waals surface area contributed by atoms with Crippen molar-refractivity contribution in [3.63, 3.8) is 0 Å². The Morgan fingerprint density at radius 2 is 1.83 bits per heavy atom. The summed E-state index contributed by atoms with van der Waals surface area (Å²) in [6.45, 7) is 2.32. The average Bonchev–Trinajstić information content (AvgIpc) is 3.00. The molecule has 9 heteroatoms. The van der Waals surface area contributed by atoms with Gasteiger partial charge in [-0.1, -0.05) is 41.4 Å². The summed E-state index contributed by atoms with van der Waals surface area (Å²) >= 11 is 12.1. The van der Waals surface area contributed by atoms with Crippen molar-refractivity contribution in [2.45, 2.75) is 30.3 Å². The van der Waals surface area contributed by atoms with Crippen LogP contribution in [0.1, 0.15) is 24.0 Å². The standard InChI is InChI=1S/C20H19Cl2N3O3S/c1-13-5-6-16(12-17(13)22)29(27,28)25-9-7-20(8-10-25)23-18(19(26)24-20)14-3-2-4-15(21)11-14/h2-6,11-12H,7-10H2,1H3,(H,24,26). The van der Waals surface area contributed by atoms with E-state index < -0.39 is 15.7 Å². The number of aliphatic imine (C=N–C) groups is 1. The van der Waals surface area contributed by atoms with E-state index in [1.54, 1.807) is 36.4 Å². The number of carbonyl (C=O) groups excluding carboxylic acids is 1. The Labute approximate surface area is 179 Å². The molecule has 1 amide bonds. The highest BCUT2D eigenvalue weighted by molar-refractivity contribution is 7.89. The highest BCUT2D eigenvalue weighted by Gasteiger charge is 2.44. The van der Waals surface area contributed by atoms with Gasteiger partial charge in [0.2, 0.25) is 10.0 Å². The number of benzene rings is 2. The van der Waals surface area contributed by atoms with E-state index in [1.165, 1.54) is 10.4 Å². The van der Waals surface area contributed by atoms with Gasteiger partial charge < -0.3 is 5.32 Å². The van der Waals surface area contributed by atoms with E-state index in [-0.39, 0.29) is 23.9 Å². The topological polar surface area (TPSA) is 78.8 Å². The molecule has 0 aromatic heterocycles. The quantitative estimate of drug-likeness (QED) is 0.776. The number of amides is 1. The van der Waals surface area contributed by atoms with Gasteiger partial charge in [-0.2, -0.15) is 4.31 Å². The van der Waals surface area contributed by atoms with Gasteiger partial charge >= 0.3 is 0 Å². The van der Waals surface area contributed by atoms with Crippen molar-refractivity contribution in [3.8, 4) is 0 Å². The van der Waals surface area contributed by atoms with E-state index >= 15 is 0 Å². The fourth-order valence-electron chi connectivity index (χ4n) is 3.61. The van der Waals surface area contributed by atoms with E-state index in [2.05, 4.69) is 10.3 Å². The Bertz CT molecular complexity index is 1120. The van der Waals surface area contributed by atoms with Gasteiger partial charge in [-0.3, -0.25) is 9.79 Å². The number of sulfonamides is 1. The lowest BCUT2D eigenvalue weighted by Crippen LogP contribution is -2.52. The van der Waals surface area contributed by atoms with Crippen LogP contribution in [0.2, 0.25) is 10.0 Å². The normalized spacial score (nSPS) is 19.3. The van der Waals surface area contributed by atoms with Gasteiger partial charge in [-0.05, 0) is 36.8 Å². The molecule has 6 nitrogen and oxygen atoms in total. The number of hydrogen-bond donors (Lipinski definition) is 1. The first-order chi connectivity index (χ1) is 13.7. The van der Waals surface area contributed by atoms with Crippen LogP contribution in [0, 0.1) is 6.92 Å². The lowest BCUT2D eigenvalue weighted by atomic mass is 10.00. The van der Waals surface area contributed by atoms with Crippen molar-refractivity contribution < 1.29 is 13.2 Å². The third-order valence-corrected chi connectivity index (χ3v) is 7.85. The van der Waals surface area contributed by atoms with Crippen LogP contribution in [0.15, 0.2) is 52.4 Å². The van der Waals surface area contributed by atoms with E-state index in [1.807, 2.05) is 6.92 Å². The third kappa shape index (κ3) is 3.80. The molecule has 0 radical (unpaired) electrons. The predicted molar refractivity (Wildman–Crippen MR) is 113 cm³/mol. The minimum atomic E-state index is -3.66. The molecule has 0 unspecified atom stereocenters. The lowest BCUT2D eigenvalue weighted by molar-refractivity contribution is -0.115. The molecule has 1 spiro atoms. The van der Waals surface area contributed by atoms with Crippen LogP contribution in [0.4, 0.5) is 0 Å². The molecule has 0 bridgehead atoms. The summed E-state index contributed by atoms with van der Waals surface area (Å²) in [6, 6.07) is 11.7. The maximum Gasteiger partial charge on any atom is 0.272 e. The largest absolute Gasteiger partial charge is 0.326 e. The Morgan fingerprint density at radius 1 is 1.10 bits per heavy atom. The molecule has 0 atom stereocenters. The molecule has 2 aliphatic rings. The second-order valence-electron chi connectivity index (χ2n) is 7.27. The van der Waals surface area contributed by atoms with Crippen molar-refractivity contribution in [1.82, 2.24) is 9.62 Å². The molecule has 1 saturated heterocycles. The lowest BCUT2D eigenvalue weighted by Gasteiger charge is -2.36. The van der Waals surface area contributed by atoms with Crippen molar-refractivity contribution in [2.24, 2.45) is 4.99 Å². The zero-order chi connectivity index (χ0) is 20.8. The fraction of sp³-hybridized carbons (Fsp3) is 0.300. The van der Waals surface area contributed by atoms with Crippen LogP contribution in [0.5, 0.6) is 0 Å². The smallest absolute Gasteiger partial charge is 0.272 e. The molecule has 2 aromatic rings. The highest BCUT2D eigenvalue weighted by atomic mass is 35.5. The Hall–Kier alpha value is -1.93. The summed E-state index contributed by atoms with van der Waals surface area (Å²) in [5.41, 5.74) is 1.01. The second kappa shape index (κ2) is 7.40. The summed E-state index contributed by atoms with van der Waals surface area (Å²) in [5, 5.41) is 3.88. The van der Waals surface area contributed by atoms with Gasteiger partial charge in [0.15, 0.2) is 0 Å². The molecular formula is C20H19Cl2N3O3S. The zero-order valence-electron chi connectivity index (χ0n) is 15.7. The van der Waals surface area contributed by atoms with Gasteiger partial charge in [0.05, 0.1) is 4.90 Å². The molecule has 1 fully saturated rings. The molecular weight excluding hydrogens is 433 g/mol. The molecule has 2 heterocycles. The Balaban J connectivity index is 1.54. The molecule has 2 aliphatic heterocycles. The number of rotatable bonds is 3. The van der Waals surface area contributed by atoms with E-state index in [0.717, 1.165) is 5.56 Å². The summed E-state index contributed by atoms with van der Waals surface area (Å²) in [5.74, 6) is -0.270. The first-order valence-corrected chi connectivity index (χ1v) is 11.3. The number of hydrogen-bond acceptors (Lipinski definition) is 4. The summed E-state index contributed by atoms with van der Waals surface area (Å²) in [6.07, 6.45) is 0.781. The molecule has 0 saturated carbocycles. The first-order valence-electron chi connectivity index (χ1n) is 9.15. The number of aryl methyl sites for hydroxylation is 1. The van der Waals surface area contributed by atoms with Crippen LogP contribution in [0.3, 0.4) is 0 Å². The number of nitrogens with one attached hydrogen (secondary N) is 1. The van der Waals surface area contributed by atoms with E-state index in [0.29, 0.717) is 34.2 Å². The predicted octanol–water partition coefficient (Wildman–Crippen LogP) is 3.40. The molecule has 2 aromatic carbocycles. The maximum atomic E-state index is 13.0. The van der Waals surface area contributed by atoms with Crippen molar-refractivity contribution in [3.05, 3.63) is 63.6 Å². The van der Waals surface area contributed by atoms with Crippen LogP contribution in [-0.4, -0.2) is 43.1 Å². The summed E-state index contributed by atoms with van der Waals surface area (Å²) < 4.78 is 27.4. The fourth-order valence-corrected chi connectivity index (χ4v) is 5.51. The zero-order valence-corrected chi connectivity index (χ0v) is 18.0. The van der Waals surface area contributed by atoms with Gasteiger partial charge in [0.25, 0.3) is 5.91 Å². The number of nitrogens with zero attached hydrogens (tertiary/aromatic N) is 2. The third-order valence-electron chi connectivity index (χ3n) is 5.32. The number of piperidine rings is 1. The maximum absolute atomic E-state index is 13.0. The summed E-state index contributed by atoms with van der Waals surface area (Å²) in [4.78, 5) is 17.3. The van der Waals surface area contributed by atoms with E-state index in [9.17, 15) is 13.2 Å². The second-order valence-corrected chi connectivity index (χ2v) is 10.1. The summed E-state index contributed by atoms with van der Waals surface area (Å²) in [7, 11) is -3.66. The first kappa shape index (κ1) is 20.3. The SMILES string of the molecule is Cc1ccc(S(=O)(=O)N2CCC3(CC2)N=C(c2cccc(Cl)c2)C(=O)N3)cc1Cl. The molecule has 4 rings (SSSR count). The minimum Gasteiger partial charge on any atom is -0.326 e. The molecule has 152 valence electrons. The van der Waals surface area contributed by atoms with Crippen LogP contribution >= 0.6 is 23.2 Å². The van der Waals surface area contributed by atoms with Crippen molar-refractivity contribution >= 4 is 44.8 Å². The van der Waals surface area contributed by atoms with Gasteiger partial charge in [-0.25, -0.2) is 8.42 Å². The molecule has 29 heavy (non-hydrogen) atoms. The number of halogens is 2. The van der Waals surface area contributed by atoms with E-state index in [4.69, 9.17) is 23.2 Å². The minimum absolute atomic E-state index is 0.169. The van der Waals surface area contributed by atoms with Crippen molar-refractivity contribution in [2.75, 3.05) is 13.1 Å². The monoisotopic (exact) mass is 451 g/mol. The van der Waals surface area contributed by atoms with Crippen LogP contribution < -0.4 is 5.32 Å². The van der Waals surface area contributed by atoms with Crippen LogP contribution in [-0.2, 0) is 14.8 Å². The average molecular weight is 452 g/mol. The van der Waals surface area contributed by atoms with Crippen LogP contribution in [0.25, 0.3) is 0 Å². The van der Waals surface area contributed by atoms with Gasteiger partial charge in [-0.15, -0.1) is 0 Å². The number of carbonyl (C=O) groups is 1.